The van der Waals surface area contributed by atoms with E-state index in [4.69, 9.17) is 5.11 Å². The van der Waals surface area contributed by atoms with Crippen molar-refractivity contribution in [1.82, 2.24) is 0 Å². The Kier molecular flexibility index (Phi) is 7.06. The van der Waals surface area contributed by atoms with Gasteiger partial charge < -0.3 is 5.11 Å². The fourth-order valence-electron chi connectivity index (χ4n) is 4.12. The van der Waals surface area contributed by atoms with Crippen molar-refractivity contribution >= 4 is 43.1 Å². The molecule has 0 amide bonds. The number of aliphatic hydroxyl groups excluding tert-OH is 1. The first kappa shape index (κ1) is 20.6. The maximum Gasteiger partial charge on any atom is 0.0431 e. The summed E-state index contributed by atoms with van der Waals surface area (Å²) in [6.07, 6.45) is 12.7. The quantitative estimate of drug-likeness (QED) is 0.148. The molecule has 0 aliphatic heterocycles. The first-order chi connectivity index (χ1) is 14.3. The summed E-state index contributed by atoms with van der Waals surface area (Å²) in [5.41, 5.74) is 0. The highest BCUT2D eigenvalue weighted by atomic mass is 16.2. The molecule has 0 aliphatic rings. The Balaban J connectivity index is 0.000000231. The molecule has 0 radical (unpaired) electrons. The normalized spacial score (nSPS) is 10.6. The van der Waals surface area contributed by atoms with Crippen LogP contribution in [-0.2, 0) is 0 Å². The number of benzene rings is 5. The van der Waals surface area contributed by atoms with Crippen molar-refractivity contribution in [3.63, 3.8) is 0 Å². The zero-order valence-corrected chi connectivity index (χ0v) is 17.1. The number of rotatable bonds is 4. The summed E-state index contributed by atoms with van der Waals surface area (Å²) in [4.78, 5) is 0. The fourth-order valence-corrected chi connectivity index (χ4v) is 4.12. The van der Waals surface area contributed by atoms with Gasteiger partial charge in [0, 0.05) is 6.61 Å². The summed E-state index contributed by atoms with van der Waals surface area (Å²) in [5.74, 6) is 0. The van der Waals surface area contributed by atoms with Crippen molar-refractivity contribution < 1.29 is 5.11 Å². The van der Waals surface area contributed by atoms with Crippen LogP contribution in [0.4, 0.5) is 0 Å². The van der Waals surface area contributed by atoms with E-state index in [-0.39, 0.29) is 0 Å². The largest absolute Gasteiger partial charge is 0.396 e. The lowest BCUT2D eigenvalue weighted by Gasteiger charge is -2.13. The Morgan fingerprint density at radius 3 is 1.28 bits per heavy atom. The minimum Gasteiger partial charge on any atom is -0.396 e. The molecule has 0 heterocycles. The van der Waals surface area contributed by atoms with E-state index in [1.807, 2.05) is 0 Å². The van der Waals surface area contributed by atoms with E-state index in [9.17, 15) is 0 Å². The van der Waals surface area contributed by atoms with Crippen LogP contribution >= 0.6 is 0 Å². The lowest BCUT2D eigenvalue weighted by Crippen LogP contribution is -1.85. The maximum absolute atomic E-state index is 8.29. The van der Waals surface area contributed by atoms with Crippen molar-refractivity contribution in [2.24, 2.45) is 0 Å². The molecule has 5 rings (SSSR count). The number of aliphatic hydroxyl groups is 1. The second-order valence-electron chi connectivity index (χ2n) is 7.20. The molecule has 0 spiro atoms. The summed E-state index contributed by atoms with van der Waals surface area (Å²) in [6.45, 7) is 2.53. The van der Waals surface area contributed by atoms with Crippen LogP contribution in [0.5, 0.6) is 0 Å². The van der Waals surface area contributed by atoms with Crippen molar-refractivity contribution in [2.75, 3.05) is 6.61 Å². The molecule has 0 saturated carbocycles. The second kappa shape index (κ2) is 9.92. The van der Waals surface area contributed by atoms with E-state index >= 15 is 0 Å². The third-order valence-corrected chi connectivity index (χ3v) is 5.40. The van der Waals surface area contributed by atoms with Crippen LogP contribution < -0.4 is 0 Å². The van der Waals surface area contributed by atoms with Gasteiger partial charge in [-0.15, -0.1) is 12.8 Å². The topological polar surface area (TPSA) is 20.2 Å². The van der Waals surface area contributed by atoms with E-state index in [2.05, 4.69) is 92.6 Å². The molecule has 0 unspecified atom stereocenters. The number of hydrogen-bond acceptors (Lipinski definition) is 1. The first-order valence-corrected chi connectivity index (χ1v) is 10.3. The first-order valence-electron chi connectivity index (χ1n) is 10.3. The van der Waals surface area contributed by atoms with Gasteiger partial charge in [-0.25, -0.2) is 0 Å². The molecule has 5 aromatic rings. The highest BCUT2D eigenvalue weighted by Gasteiger charge is 2.11. The highest BCUT2D eigenvalue weighted by Crippen LogP contribution is 2.39. The molecule has 1 heteroatoms. The minimum atomic E-state index is 0.361. The van der Waals surface area contributed by atoms with Gasteiger partial charge in [0.05, 0.1) is 0 Å². The molecular formula is C28H28O. The molecule has 29 heavy (non-hydrogen) atoms. The van der Waals surface area contributed by atoms with E-state index in [1.165, 1.54) is 62.4 Å². The average molecular weight is 381 g/mol. The molecule has 0 aromatic heterocycles. The Morgan fingerprint density at radius 1 is 0.586 bits per heavy atom. The van der Waals surface area contributed by atoms with Gasteiger partial charge in [-0.1, -0.05) is 99.0 Å². The Morgan fingerprint density at radius 2 is 0.966 bits per heavy atom. The molecule has 0 fully saturated rings. The van der Waals surface area contributed by atoms with E-state index < -0.39 is 0 Å². The lowest BCUT2D eigenvalue weighted by molar-refractivity contribution is 0.283. The highest BCUT2D eigenvalue weighted by molar-refractivity contribution is 6.32. The van der Waals surface area contributed by atoms with Crippen LogP contribution in [-0.4, -0.2) is 11.7 Å². The fraction of sp³-hybridized carbons (Fsp3) is 0.214. The van der Waals surface area contributed by atoms with Gasteiger partial charge in [0.15, 0.2) is 0 Å². The SMILES string of the molecule is C#C.CCCCCCO.c1cc2cccc3c4cccc5cccc(c(c1)c23)c54. The summed E-state index contributed by atoms with van der Waals surface area (Å²) >= 11 is 0. The third-order valence-electron chi connectivity index (χ3n) is 5.40. The van der Waals surface area contributed by atoms with E-state index in [0.717, 1.165) is 6.42 Å². The molecule has 5 aromatic carbocycles. The maximum atomic E-state index is 8.29. The molecular weight excluding hydrogens is 352 g/mol. The Hall–Kier alpha value is -3.08. The summed E-state index contributed by atoms with van der Waals surface area (Å²) in [5, 5.41) is 19.2. The summed E-state index contributed by atoms with van der Waals surface area (Å²) in [7, 11) is 0. The predicted octanol–water partition coefficient (Wildman–Crippen LogP) is 7.55. The van der Waals surface area contributed by atoms with Crippen LogP contribution in [0.2, 0.25) is 0 Å². The van der Waals surface area contributed by atoms with E-state index in [1.54, 1.807) is 0 Å². The average Bonchev–Trinajstić information content (AvgIpc) is 2.79. The van der Waals surface area contributed by atoms with Gasteiger partial charge in [0.25, 0.3) is 0 Å². The number of terminal acetylenes is 1. The zero-order chi connectivity index (χ0) is 20.6. The Bertz CT molecular complexity index is 1040. The van der Waals surface area contributed by atoms with Crippen molar-refractivity contribution in [3.8, 4) is 12.8 Å². The molecule has 1 N–H and O–H groups in total. The van der Waals surface area contributed by atoms with Gasteiger partial charge in [-0.3, -0.25) is 0 Å². The minimum absolute atomic E-state index is 0.361. The second-order valence-corrected chi connectivity index (χ2v) is 7.20. The summed E-state index contributed by atoms with van der Waals surface area (Å²) < 4.78 is 0. The lowest BCUT2D eigenvalue weighted by atomic mass is 9.90. The van der Waals surface area contributed by atoms with Gasteiger partial charge in [-0.05, 0) is 49.5 Å². The van der Waals surface area contributed by atoms with Crippen LogP contribution in [0.1, 0.15) is 32.6 Å². The van der Waals surface area contributed by atoms with Crippen molar-refractivity contribution in [2.45, 2.75) is 32.6 Å². The van der Waals surface area contributed by atoms with Crippen LogP contribution in [0, 0.1) is 12.8 Å². The molecule has 0 bridgehead atoms. The monoisotopic (exact) mass is 380 g/mol. The van der Waals surface area contributed by atoms with Crippen molar-refractivity contribution in [3.05, 3.63) is 72.8 Å². The standard InChI is InChI=1S/C20H12.C6H14O.C2H2/c1-5-13-6-2-11-17-18-12-4-8-14-7-3-10-16(20(14)18)15(9-1)19(13)17;1-2-3-4-5-6-7;1-2/h1-12H;7H,2-6H2,1H3;1-2H. The van der Waals surface area contributed by atoms with Gasteiger partial charge in [0.1, 0.15) is 0 Å². The smallest absolute Gasteiger partial charge is 0.0431 e. The van der Waals surface area contributed by atoms with Crippen LogP contribution in [0.25, 0.3) is 43.1 Å². The number of fused-ring (bicyclic) bond motifs is 2. The zero-order valence-electron chi connectivity index (χ0n) is 17.1. The van der Waals surface area contributed by atoms with Gasteiger partial charge in [-0.2, -0.15) is 0 Å². The van der Waals surface area contributed by atoms with E-state index in [0.29, 0.717) is 6.61 Å². The summed E-state index contributed by atoms with van der Waals surface area (Å²) in [6, 6.07) is 26.4. The number of hydrogen-bond donors (Lipinski definition) is 1. The Labute approximate surface area is 173 Å². The third kappa shape index (κ3) is 4.04. The van der Waals surface area contributed by atoms with Gasteiger partial charge in [0.2, 0.25) is 0 Å². The molecule has 0 aliphatic carbocycles. The predicted molar refractivity (Wildman–Crippen MR) is 129 cm³/mol. The van der Waals surface area contributed by atoms with Crippen LogP contribution in [0.15, 0.2) is 72.8 Å². The van der Waals surface area contributed by atoms with Crippen molar-refractivity contribution in [1.29, 1.82) is 0 Å². The van der Waals surface area contributed by atoms with Gasteiger partial charge >= 0.3 is 0 Å². The van der Waals surface area contributed by atoms with Crippen LogP contribution in [0.3, 0.4) is 0 Å². The molecule has 0 saturated heterocycles. The number of unbranched alkanes of at least 4 members (excludes halogenated alkanes) is 3. The molecule has 0 atom stereocenters. The molecule has 146 valence electrons. The molecule has 1 nitrogen and oxygen atoms in total.